The predicted octanol–water partition coefficient (Wildman–Crippen LogP) is 0.892. The lowest BCUT2D eigenvalue weighted by molar-refractivity contribution is 0.394. The second-order valence-corrected chi connectivity index (χ2v) is 5.54. The molecule has 0 amide bonds. The summed E-state index contributed by atoms with van der Waals surface area (Å²) in [6.45, 7) is 6.60. The van der Waals surface area contributed by atoms with Gasteiger partial charge in [-0.3, -0.25) is 0 Å². The Hall–Kier alpha value is 0.270. The maximum absolute atomic E-state index is 4.55. The third-order valence-electron chi connectivity index (χ3n) is 2.47. The molecule has 2 unspecified atom stereocenters. The van der Waals surface area contributed by atoms with Crippen molar-refractivity contribution in [3.63, 3.8) is 0 Å². The normalized spacial score (nSPS) is 31.0. The van der Waals surface area contributed by atoms with Crippen LogP contribution in [0.2, 0.25) is 0 Å². The second kappa shape index (κ2) is 3.99. The Balaban J connectivity index is 2.41. The largest absolute Gasteiger partial charge is 0.315 e. The van der Waals surface area contributed by atoms with Gasteiger partial charge < -0.3 is 10.6 Å². The summed E-state index contributed by atoms with van der Waals surface area (Å²) in [5.74, 6) is 0.738. The maximum Gasteiger partial charge on any atom is 0.0230 e. The fourth-order valence-corrected chi connectivity index (χ4v) is 2.16. The number of nitrogens with one attached hydrogen (secondary N) is 2. The summed E-state index contributed by atoms with van der Waals surface area (Å²) in [6.07, 6.45) is 1.18. The molecule has 0 aromatic carbocycles. The Morgan fingerprint density at radius 2 is 2.17 bits per heavy atom. The van der Waals surface area contributed by atoms with Crippen LogP contribution in [-0.2, 0) is 0 Å². The van der Waals surface area contributed by atoms with E-state index in [1.54, 1.807) is 0 Å². The van der Waals surface area contributed by atoms with Crippen LogP contribution in [0.4, 0.5) is 0 Å². The van der Waals surface area contributed by atoms with Gasteiger partial charge in [0.2, 0.25) is 0 Å². The molecular formula is C9H20N2S. The Labute approximate surface area is 80.9 Å². The Kier molecular flexibility index (Phi) is 3.44. The number of hydrogen-bond donors (Lipinski definition) is 3. The standard InChI is InChI=1S/C9H20N2S/c1-9(2,12)4-7-5-11-6-8(7)10-3/h7-8,10-12H,4-6H2,1-3H3. The van der Waals surface area contributed by atoms with Crippen LogP contribution < -0.4 is 10.6 Å². The van der Waals surface area contributed by atoms with Crippen molar-refractivity contribution < 1.29 is 0 Å². The minimum atomic E-state index is 0.159. The zero-order valence-corrected chi connectivity index (χ0v) is 9.12. The molecule has 1 fully saturated rings. The van der Waals surface area contributed by atoms with E-state index in [1.165, 1.54) is 6.42 Å². The van der Waals surface area contributed by atoms with E-state index in [1.807, 2.05) is 7.05 Å². The molecule has 2 N–H and O–H groups in total. The van der Waals surface area contributed by atoms with E-state index in [4.69, 9.17) is 0 Å². The van der Waals surface area contributed by atoms with Crippen molar-refractivity contribution in [1.82, 2.24) is 10.6 Å². The van der Waals surface area contributed by atoms with Crippen LogP contribution in [0, 0.1) is 5.92 Å². The second-order valence-electron chi connectivity index (χ2n) is 4.33. The minimum absolute atomic E-state index is 0.159. The molecule has 2 nitrogen and oxygen atoms in total. The smallest absolute Gasteiger partial charge is 0.0230 e. The quantitative estimate of drug-likeness (QED) is 0.573. The van der Waals surface area contributed by atoms with E-state index in [0.717, 1.165) is 19.0 Å². The van der Waals surface area contributed by atoms with Gasteiger partial charge in [-0.25, -0.2) is 0 Å². The van der Waals surface area contributed by atoms with Gasteiger partial charge in [0.15, 0.2) is 0 Å². The zero-order chi connectivity index (χ0) is 9.19. The number of hydrogen-bond acceptors (Lipinski definition) is 3. The van der Waals surface area contributed by atoms with Crippen LogP contribution >= 0.6 is 12.6 Å². The molecule has 1 heterocycles. The van der Waals surface area contributed by atoms with Crippen molar-refractivity contribution >= 4 is 12.6 Å². The van der Waals surface area contributed by atoms with Gasteiger partial charge in [-0.05, 0) is 25.9 Å². The first-order valence-corrected chi connectivity index (χ1v) is 5.08. The van der Waals surface area contributed by atoms with Gasteiger partial charge in [0.25, 0.3) is 0 Å². The highest BCUT2D eigenvalue weighted by atomic mass is 32.1. The Morgan fingerprint density at radius 1 is 1.50 bits per heavy atom. The molecule has 12 heavy (non-hydrogen) atoms. The molecule has 1 aliphatic rings. The Bertz CT molecular complexity index is 142. The van der Waals surface area contributed by atoms with Gasteiger partial charge in [0.1, 0.15) is 0 Å². The number of likely N-dealkylation sites (N-methyl/N-ethyl adjacent to an activating group) is 1. The fourth-order valence-electron chi connectivity index (χ4n) is 1.93. The van der Waals surface area contributed by atoms with Gasteiger partial charge >= 0.3 is 0 Å². The summed E-state index contributed by atoms with van der Waals surface area (Å²) in [5, 5.41) is 6.74. The van der Waals surface area contributed by atoms with Crippen LogP contribution in [0.25, 0.3) is 0 Å². The lowest BCUT2D eigenvalue weighted by Gasteiger charge is -2.25. The molecule has 0 bridgehead atoms. The first kappa shape index (κ1) is 10.4. The van der Waals surface area contributed by atoms with Crippen molar-refractivity contribution in [3.05, 3.63) is 0 Å². The molecule has 0 radical (unpaired) electrons. The Morgan fingerprint density at radius 3 is 2.67 bits per heavy atom. The van der Waals surface area contributed by atoms with Crippen molar-refractivity contribution in [2.24, 2.45) is 5.92 Å². The van der Waals surface area contributed by atoms with Gasteiger partial charge in [0, 0.05) is 17.3 Å². The molecule has 3 heteroatoms. The highest BCUT2D eigenvalue weighted by Crippen LogP contribution is 2.26. The third kappa shape index (κ3) is 2.96. The summed E-state index contributed by atoms with van der Waals surface area (Å²) >= 11 is 4.55. The topological polar surface area (TPSA) is 24.1 Å². The minimum Gasteiger partial charge on any atom is -0.315 e. The van der Waals surface area contributed by atoms with Gasteiger partial charge in [0.05, 0.1) is 0 Å². The monoisotopic (exact) mass is 188 g/mol. The summed E-state index contributed by atoms with van der Waals surface area (Å²) in [5.41, 5.74) is 0. The van der Waals surface area contributed by atoms with E-state index in [0.29, 0.717) is 6.04 Å². The zero-order valence-electron chi connectivity index (χ0n) is 8.22. The van der Waals surface area contributed by atoms with Crippen molar-refractivity contribution in [2.75, 3.05) is 20.1 Å². The molecule has 0 aliphatic carbocycles. The lowest BCUT2D eigenvalue weighted by atomic mass is 9.92. The summed E-state index contributed by atoms with van der Waals surface area (Å²) in [4.78, 5) is 0. The molecule has 0 saturated carbocycles. The van der Waals surface area contributed by atoms with Crippen LogP contribution in [0.5, 0.6) is 0 Å². The average Bonchev–Trinajstić information content (AvgIpc) is 2.31. The van der Waals surface area contributed by atoms with Crippen molar-refractivity contribution in [2.45, 2.75) is 31.1 Å². The molecule has 1 saturated heterocycles. The van der Waals surface area contributed by atoms with Crippen LogP contribution in [0.1, 0.15) is 20.3 Å². The lowest BCUT2D eigenvalue weighted by Crippen LogP contribution is -2.35. The van der Waals surface area contributed by atoms with Crippen molar-refractivity contribution in [1.29, 1.82) is 0 Å². The van der Waals surface area contributed by atoms with Gasteiger partial charge in [-0.1, -0.05) is 13.8 Å². The fraction of sp³-hybridized carbons (Fsp3) is 1.00. The third-order valence-corrected chi connectivity index (χ3v) is 2.65. The van der Waals surface area contributed by atoms with Gasteiger partial charge in [-0.15, -0.1) is 0 Å². The van der Waals surface area contributed by atoms with Crippen LogP contribution in [-0.4, -0.2) is 30.9 Å². The SMILES string of the molecule is CNC1CNCC1CC(C)(C)S. The molecule has 0 spiro atoms. The molecule has 1 rings (SSSR count). The molecule has 2 atom stereocenters. The van der Waals surface area contributed by atoms with Crippen molar-refractivity contribution in [3.8, 4) is 0 Å². The van der Waals surface area contributed by atoms with E-state index in [2.05, 4.69) is 37.1 Å². The van der Waals surface area contributed by atoms with Crippen LogP contribution in [0.15, 0.2) is 0 Å². The first-order chi connectivity index (χ1) is 5.53. The molecule has 72 valence electrons. The average molecular weight is 188 g/mol. The molecule has 0 aromatic heterocycles. The van der Waals surface area contributed by atoms with E-state index >= 15 is 0 Å². The maximum atomic E-state index is 4.55. The van der Waals surface area contributed by atoms with E-state index in [9.17, 15) is 0 Å². The summed E-state index contributed by atoms with van der Waals surface area (Å²) < 4.78 is 0.159. The number of rotatable bonds is 3. The molecule has 0 aromatic rings. The number of thiol groups is 1. The predicted molar refractivity (Wildman–Crippen MR) is 56.9 cm³/mol. The van der Waals surface area contributed by atoms with E-state index in [-0.39, 0.29) is 4.75 Å². The highest BCUT2D eigenvalue weighted by molar-refractivity contribution is 7.81. The van der Waals surface area contributed by atoms with Gasteiger partial charge in [-0.2, -0.15) is 12.6 Å². The van der Waals surface area contributed by atoms with E-state index < -0.39 is 0 Å². The summed E-state index contributed by atoms with van der Waals surface area (Å²) in [6, 6.07) is 0.636. The molecular weight excluding hydrogens is 168 g/mol. The summed E-state index contributed by atoms with van der Waals surface area (Å²) in [7, 11) is 2.04. The first-order valence-electron chi connectivity index (χ1n) is 4.63. The van der Waals surface area contributed by atoms with Crippen LogP contribution in [0.3, 0.4) is 0 Å². The highest BCUT2D eigenvalue weighted by Gasteiger charge is 2.29. The molecule has 1 aliphatic heterocycles.